The molecule has 134 valence electrons. The summed E-state index contributed by atoms with van der Waals surface area (Å²) in [5.74, 6) is -2.08. The van der Waals surface area contributed by atoms with E-state index < -0.39 is 23.4 Å². The van der Waals surface area contributed by atoms with E-state index in [2.05, 4.69) is 26.2 Å². The lowest BCUT2D eigenvalue weighted by Crippen LogP contribution is -2.13. The average molecular weight is 425 g/mol. The molecule has 0 radical (unpaired) electrons. The quantitative estimate of drug-likeness (QED) is 0.620. The number of aryl methyl sites for hydroxylation is 1. The minimum atomic E-state index is -0.767. The Morgan fingerprint density at radius 3 is 2.65 bits per heavy atom. The first-order valence-electron chi connectivity index (χ1n) is 7.57. The Morgan fingerprint density at radius 2 is 1.92 bits per heavy atom. The van der Waals surface area contributed by atoms with E-state index in [0.717, 1.165) is 12.1 Å². The lowest BCUT2D eigenvalue weighted by molar-refractivity contribution is -0.116. The molecule has 8 heteroatoms. The monoisotopic (exact) mass is 424 g/mol. The molecule has 0 atom stereocenters. The van der Waals surface area contributed by atoms with Crippen molar-refractivity contribution in [3.8, 4) is 11.3 Å². The number of halogens is 4. The van der Waals surface area contributed by atoms with Gasteiger partial charge in [0.1, 0.15) is 17.5 Å². The summed E-state index contributed by atoms with van der Waals surface area (Å²) in [6.45, 7) is 0. The second-order valence-electron chi connectivity index (χ2n) is 5.41. The molecule has 0 saturated heterocycles. The lowest BCUT2D eigenvalue weighted by Gasteiger charge is -2.06. The third-order valence-corrected chi connectivity index (χ3v) is 4.01. The summed E-state index contributed by atoms with van der Waals surface area (Å²) in [5, 5.41) is 2.46. The topological polar surface area (TPSA) is 55.1 Å². The van der Waals surface area contributed by atoms with E-state index in [1.54, 1.807) is 6.07 Å². The molecular weight excluding hydrogens is 413 g/mol. The highest BCUT2D eigenvalue weighted by Crippen LogP contribution is 2.25. The number of carbonyl (C=O) groups excluding carboxylic acids is 1. The van der Waals surface area contributed by atoms with Crippen LogP contribution < -0.4 is 5.32 Å². The number of benzene rings is 2. The Balaban J connectivity index is 1.61. The number of nitrogens with zero attached hydrogens (tertiary/aromatic N) is 1. The molecule has 2 aromatic carbocycles. The second-order valence-corrected chi connectivity index (χ2v) is 6.33. The molecular formula is C18H12BrF3N2O2. The third kappa shape index (κ3) is 4.32. The zero-order valence-corrected chi connectivity index (χ0v) is 14.8. The maximum absolute atomic E-state index is 13.7. The largest absolute Gasteiger partial charge is 0.441 e. The van der Waals surface area contributed by atoms with Crippen molar-refractivity contribution in [3.05, 3.63) is 70.4 Å². The van der Waals surface area contributed by atoms with Gasteiger partial charge >= 0.3 is 0 Å². The first-order chi connectivity index (χ1) is 12.4. The van der Waals surface area contributed by atoms with E-state index in [4.69, 9.17) is 4.42 Å². The number of rotatable bonds is 5. The molecule has 1 amide bonds. The van der Waals surface area contributed by atoms with Crippen LogP contribution in [0.2, 0.25) is 0 Å². The molecule has 0 bridgehead atoms. The van der Waals surface area contributed by atoms with Gasteiger partial charge in [0.2, 0.25) is 5.91 Å². The molecule has 0 aliphatic heterocycles. The van der Waals surface area contributed by atoms with E-state index >= 15 is 0 Å². The minimum Gasteiger partial charge on any atom is -0.441 e. The van der Waals surface area contributed by atoms with Gasteiger partial charge in [-0.15, -0.1) is 0 Å². The number of amides is 1. The van der Waals surface area contributed by atoms with Crippen molar-refractivity contribution in [2.75, 3.05) is 5.32 Å². The molecule has 3 rings (SSSR count). The maximum atomic E-state index is 13.7. The van der Waals surface area contributed by atoms with E-state index in [-0.39, 0.29) is 35.7 Å². The van der Waals surface area contributed by atoms with E-state index in [1.165, 1.54) is 24.4 Å². The third-order valence-electron chi connectivity index (χ3n) is 3.52. The predicted molar refractivity (Wildman–Crippen MR) is 92.9 cm³/mol. The van der Waals surface area contributed by atoms with Crippen molar-refractivity contribution in [3.63, 3.8) is 0 Å². The van der Waals surface area contributed by atoms with Crippen LogP contribution in [-0.4, -0.2) is 10.9 Å². The molecule has 1 N–H and O–H groups in total. The number of oxazole rings is 1. The molecule has 3 aromatic rings. The van der Waals surface area contributed by atoms with Crippen molar-refractivity contribution >= 4 is 27.5 Å². The zero-order valence-electron chi connectivity index (χ0n) is 13.2. The zero-order chi connectivity index (χ0) is 18.7. The van der Waals surface area contributed by atoms with Gasteiger partial charge < -0.3 is 9.73 Å². The van der Waals surface area contributed by atoms with Crippen molar-refractivity contribution in [2.24, 2.45) is 0 Å². The number of anilines is 1. The van der Waals surface area contributed by atoms with E-state index in [9.17, 15) is 18.0 Å². The second kappa shape index (κ2) is 7.74. The van der Waals surface area contributed by atoms with Crippen LogP contribution in [0.15, 0.2) is 51.5 Å². The van der Waals surface area contributed by atoms with Crippen molar-refractivity contribution in [1.29, 1.82) is 0 Å². The molecule has 0 aliphatic carbocycles. The van der Waals surface area contributed by atoms with Crippen LogP contribution in [0.1, 0.15) is 12.3 Å². The molecule has 1 heterocycles. The molecule has 0 aliphatic rings. The lowest BCUT2D eigenvalue weighted by atomic mass is 10.2. The first-order valence-corrected chi connectivity index (χ1v) is 8.36. The van der Waals surface area contributed by atoms with Crippen molar-refractivity contribution < 1.29 is 22.4 Å². The summed E-state index contributed by atoms with van der Waals surface area (Å²) < 4.78 is 46.3. The summed E-state index contributed by atoms with van der Waals surface area (Å²) in [5.41, 5.74) is 0.145. The highest BCUT2D eigenvalue weighted by atomic mass is 79.9. The van der Waals surface area contributed by atoms with Crippen LogP contribution in [0.4, 0.5) is 18.9 Å². The smallest absolute Gasteiger partial charge is 0.224 e. The molecule has 0 fully saturated rings. The highest BCUT2D eigenvalue weighted by molar-refractivity contribution is 9.10. The summed E-state index contributed by atoms with van der Waals surface area (Å²) in [6, 6.07) is 7.40. The van der Waals surface area contributed by atoms with Crippen molar-refractivity contribution in [1.82, 2.24) is 4.98 Å². The summed E-state index contributed by atoms with van der Waals surface area (Å²) >= 11 is 3.13. The van der Waals surface area contributed by atoms with Crippen molar-refractivity contribution in [2.45, 2.75) is 12.8 Å². The van der Waals surface area contributed by atoms with Gasteiger partial charge in [0.05, 0.1) is 17.4 Å². The summed E-state index contributed by atoms with van der Waals surface area (Å²) in [4.78, 5) is 15.9. The normalized spacial score (nSPS) is 10.8. The molecule has 26 heavy (non-hydrogen) atoms. The first kappa shape index (κ1) is 18.2. The highest BCUT2D eigenvalue weighted by Gasteiger charge is 2.13. The van der Waals surface area contributed by atoms with Crippen LogP contribution in [0.5, 0.6) is 0 Å². The number of nitrogens with one attached hydrogen (secondary N) is 1. The van der Waals surface area contributed by atoms with Gasteiger partial charge in [-0.1, -0.05) is 15.9 Å². The van der Waals surface area contributed by atoms with Gasteiger partial charge in [0.15, 0.2) is 11.7 Å². The standard InChI is InChI=1S/C18H12BrF3N2O2/c19-10-1-4-15(14(22)7-10)24-17(25)5-6-18-23-9-16(26-18)12-3-2-11(20)8-13(12)21/h1-4,7-9H,5-6H2,(H,24,25). The van der Waals surface area contributed by atoms with Crippen LogP contribution in [0.25, 0.3) is 11.3 Å². The van der Waals surface area contributed by atoms with Crippen LogP contribution >= 0.6 is 15.9 Å². The maximum Gasteiger partial charge on any atom is 0.224 e. The van der Waals surface area contributed by atoms with Crippen LogP contribution in [0, 0.1) is 17.5 Å². The van der Waals surface area contributed by atoms with Gasteiger partial charge in [-0.3, -0.25) is 4.79 Å². The van der Waals surface area contributed by atoms with E-state index in [0.29, 0.717) is 4.47 Å². The van der Waals surface area contributed by atoms with Crippen LogP contribution in [0.3, 0.4) is 0 Å². The number of carbonyl (C=O) groups is 1. The fraction of sp³-hybridized carbons (Fsp3) is 0.111. The fourth-order valence-corrected chi connectivity index (χ4v) is 2.60. The average Bonchev–Trinajstić information content (AvgIpc) is 3.04. The summed E-state index contributed by atoms with van der Waals surface area (Å²) in [6.07, 6.45) is 1.45. The Morgan fingerprint density at radius 1 is 1.12 bits per heavy atom. The van der Waals surface area contributed by atoms with Crippen LogP contribution in [-0.2, 0) is 11.2 Å². The molecule has 0 spiro atoms. The SMILES string of the molecule is O=C(CCc1ncc(-c2ccc(F)cc2F)o1)Nc1ccc(Br)cc1F. The number of aromatic nitrogens is 1. The number of hydrogen-bond donors (Lipinski definition) is 1. The predicted octanol–water partition coefficient (Wildman–Crippen LogP) is 5.09. The van der Waals surface area contributed by atoms with Gasteiger partial charge in [0, 0.05) is 23.4 Å². The Labute approximate surface area is 155 Å². The van der Waals surface area contributed by atoms with Gasteiger partial charge in [-0.05, 0) is 30.3 Å². The molecule has 0 saturated carbocycles. The van der Waals surface area contributed by atoms with E-state index in [1.807, 2.05) is 0 Å². The Kier molecular flexibility index (Phi) is 5.41. The molecule has 1 aromatic heterocycles. The molecule has 0 unspecified atom stereocenters. The van der Waals surface area contributed by atoms with Gasteiger partial charge in [-0.2, -0.15) is 0 Å². The molecule has 4 nitrogen and oxygen atoms in total. The Hall–Kier alpha value is -2.61. The minimum absolute atomic E-state index is 0.00135. The van der Waals surface area contributed by atoms with Gasteiger partial charge in [0.25, 0.3) is 0 Å². The Bertz CT molecular complexity index is 959. The summed E-state index contributed by atoms with van der Waals surface area (Å²) in [7, 11) is 0. The number of hydrogen-bond acceptors (Lipinski definition) is 3. The fourth-order valence-electron chi connectivity index (χ4n) is 2.26. The van der Waals surface area contributed by atoms with Gasteiger partial charge in [-0.25, -0.2) is 18.2 Å².